The summed E-state index contributed by atoms with van der Waals surface area (Å²) in [5.74, 6) is -0.163. The lowest BCUT2D eigenvalue weighted by atomic mass is 9.98. The van der Waals surface area contributed by atoms with Crippen LogP contribution in [0.1, 0.15) is 29.9 Å². The summed E-state index contributed by atoms with van der Waals surface area (Å²) in [6.07, 6.45) is 2.47. The fraction of sp³-hybridized carbons (Fsp3) is 0.267. The van der Waals surface area contributed by atoms with Crippen LogP contribution in [0.25, 0.3) is 11.1 Å². The van der Waals surface area contributed by atoms with Gasteiger partial charge in [-0.3, -0.25) is 0 Å². The van der Waals surface area contributed by atoms with E-state index >= 15 is 0 Å². The molecule has 0 spiro atoms. The molecule has 4 heteroatoms. The zero-order valence-electron chi connectivity index (χ0n) is 10.9. The van der Waals surface area contributed by atoms with Gasteiger partial charge in [0.2, 0.25) is 0 Å². The molecule has 1 aromatic carbocycles. The van der Waals surface area contributed by atoms with Crippen molar-refractivity contribution in [3.05, 3.63) is 41.7 Å². The van der Waals surface area contributed by atoms with Crippen LogP contribution >= 0.6 is 0 Å². The van der Waals surface area contributed by atoms with Crippen molar-refractivity contribution < 1.29 is 14.6 Å². The van der Waals surface area contributed by atoms with Crippen LogP contribution in [0.3, 0.4) is 0 Å². The van der Waals surface area contributed by atoms with E-state index in [1.165, 1.54) is 0 Å². The molecule has 0 unspecified atom stereocenters. The second-order valence-electron chi connectivity index (χ2n) is 5.40. The Morgan fingerprint density at radius 3 is 2.84 bits per heavy atom. The average Bonchev–Trinajstić information content (AvgIpc) is 2.89. The number of carbonyl (C=O) groups is 1. The van der Waals surface area contributed by atoms with E-state index in [1.807, 2.05) is 32.0 Å². The lowest BCUT2D eigenvalue weighted by molar-refractivity contribution is 0.0692. The number of H-pyrrole nitrogens is 1. The van der Waals surface area contributed by atoms with Crippen LogP contribution in [-0.2, 0) is 6.42 Å². The minimum absolute atomic E-state index is 0.196. The fourth-order valence-corrected chi connectivity index (χ4v) is 2.60. The summed E-state index contributed by atoms with van der Waals surface area (Å²) in [5.41, 5.74) is 2.59. The fourth-order valence-electron chi connectivity index (χ4n) is 2.60. The molecule has 0 bridgehead atoms. The van der Waals surface area contributed by atoms with E-state index in [4.69, 9.17) is 4.74 Å². The Bertz CT molecular complexity index is 655. The molecular weight excluding hydrogens is 242 g/mol. The van der Waals surface area contributed by atoms with Gasteiger partial charge >= 0.3 is 5.97 Å². The van der Waals surface area contributed by atoms with Crippen molar-refractivity contribution in [1.29, 1.82) is 0 Å². The van der Waals surface area contributed by atoms with Crippen LogP contribution in [0.5, 0.6) is 5.75 Å². The SMILES string of the molecule is CC1(C)Cc2cccc(-c3cc[nH]c3C(=O)O)c2O1. The normalized spacial score (nSPS) is 15.9. The summed E-state index contributed by atoms with van der Waals surface area (Å²) in [5, 5.41) is 9.19. The number of aromatic amines is 1. The van der Waals surface area contributed by atoms with Gasteiger partial charge in [-0.1, -0.05) is 18.2 Å². The third-order valence-corrected chi connectivity index (χ3v) is 3.34. The smallest absolute Gasteiger partial charge is 0.352 e. The highest BCUT2D eigenvalue weighted by molar-refractivity contribution is 5.95. The molecule has 0 amide bonds. The monoisotopic (exact) mass is 257 g/mol. The third-order valence-electron chi connectivity index (χ3n) is 3.34. The first-order chi connectivity index (χ1) is 8.98. The number of hydrogen-bond acceptors (Lipinski definition) is 2. The summed E-state index contributed by atoms with van der Waals surface area (Å²) >= 11 is 0. The van der Waals surface area contributed by atoms with Crippen LogP contribution in [0, 0.1) is 0 Å². The Balaban J connectivity index is 2.16. The standard InChI is InChI=1S/C15H15NO3/c1-15(2)8-9-4-3-5-11(13(9)19-15)10-6-7-16-12(10)14(17)18/h3-7,16H,8H2,1-2H3,(H,17,18). The summed E-state index contributed by atoms with van der Waals surface area (Å²) in [4.78, 5) is 14.0. The van der Waals surface area contributed by atoms with Crippen molar-refractivity contribution in [2.24, 2.45) is 0 Å². The maximum Gasteiger partial charge on any atom is 0.352 e. The van der Waals surface area contributed by atoms with Crippen LogP contribution in [0.15, 0.2) is 30.5 Å². The largest absolute Gasteiger partial charge is 0.487 e. The topological polar surface area (TPSA) is 62.3 Å². The number of para-hydroxylation sites is 1. The van der Waals surface area contributed by atoms with Crippen LogP contribution in [0.4, 0.5) is 0 Å². The summed E-state index contributed by atoms with van der Waals surface area (Å²) < 4.78 is 5.98. The number of aromatic nitrogens is 1. The average molecular weight is 257 g/mol. The van der Waals surface area contributed by atoms with Crippen molar-refractivity contribution >= 4 is 5.97 Å². The number of fused-ring (bicyclic) bond motifs is 1. The lowest BCUT2D eigenvalue weighted by Crippen LogP contribution is -2.24. The molecule has 98 valence electrons. The van der Waals surface area contributed by atoms with Crippen molar-refractivity contribution in [3.63, 3.8) is 0 Å². The van der Waals surface area contributed by atoms with Crippen LogP contribution < -0.4 is 4.74 Å². The predicted molar refractivity (Wildman–Crippen MR) is 71.6 cm³/mol. The van der Waals surface area contributed by atoms with E-state index in [1.54, 1.807) is 12.3 Å². The molecule has 3 rings (SSSR count). The lowest BCUT2D eigenvalue weighted by Gasteiger charge is -2.18. The molecule has 0 radical (unpaired) electrons. The zero-order chi connectivity index (χ0) is 13.6. The molecular formula is C15H15NO3. The Morgan fingerprint density at radius 2 is 2.11 bits per heavy atom. The Hall–Kier alpha value is -2.23. The minimum Gasteiger partial charge on any atom is -0.487 e. The van der Waals surface area contributed by atoms with E-state index in [9.17, 15) is 9.90 Å². The number of nitrogens with one attached hydrogen (secondary N) is 1. The highest BCUT2D eigenvalue weighted by Crippen LogP contribution is 2.42. The van der Waals surface area contributed by atoms with Gasteiger partial charge in [0.25, 0.3) is 0 Å². The molecule has 2 heterocycles. The van der Waals surface area contributed by atoms with E-state index < -0.39 is 5.97 Å². The summed E-state index contributed by atoms with van der Waals surface area (Å²) in [6.45, 7) is 4.07. The van der Waals surface area contributed by atoms with Crippen LogP contribution in [0.2, 0.25) is 0 Å². The Kier molecular flexibility index (Phi) is 2.42. The number of ether oxygens (including phenoxy) is 1. The zero-order valence-corrected chi connectivity index (χ0v) is 10.9. The third kappa shape index (κ3) is 1.89. The molecule has 0 aliphatic carbocycles. The van der Waals surface area contributed by atoms with Gasteiger partial charge in [-0.15, -0.1) is 0 Å². The molecule has 0 atom stereocenters. The molecule has 0 fully saturated rings. The second kappa shape index (κ2) is 3.88. The molecule has 19 heavy (non-hydrogen) atoms. The van der Waals surface area contributed by atoms with E-state index in [0.29, 0.717) is 5.56 Å². The number of carboxylic acids is 1. The molecule has 2 N–H and O–H groups in total. The van der Waals surface area contributed by atoms with Gasteiger partial charge in [0.15, 0.2) is 0 Å². The first kappa shape index (κ1) is 11.8. The first-order valence-corrected chi connectivity index (χ1v) is 6.20. The van der Waals surface area contributed by atoms with Crippen molar-refractivity contribution in [2.45, 2.75) is 25.9 Å². The molecule has 1 aliphatic heterocycles. The van der Waals surface area contributed by atoms with Crippen LogP contribution in [-0.4, -0.2) is 21.7 Å². The molecule has 4 nitrogen and oxygen atoms in total. The van der Waals surface area contributed by atoms with Crippen molar-refractivity contribution in [3.8, 4) is 16.9 Å². The van der Waals surface area contributed by atoms with Gasteiger partial charge in [-0.2, -0.15) is 0 Å². The highest BCUT2D eigenvalue weighted by Gasteiger charge is 2.32. The molecule has 0 saturated carbocycles. The number of hydrogen-bond donors (Lipinski definition) is 2. The number of aromatic carboxylic acids is 1. The maximum absolute atomic E-state index is 11.2. The molecule has 1 aliphatic rings. The first-order valence-electron chi connectivity index (χ1n) is 6.20. The number of carboxylic acid groups (broad SMARTS) is 1. The van der Waals surface area contributed by atoms with E-state index in [-0.39, 0.29) is 11.3 Å². The summed E-state index contributed by atoms with van der Waals surface area (Å²) in [6, 6.07) is 7.64. The molecule has 2 aromatic rings. The molecule has 1 aromatic heterocycles. The highest BCUT2D eigenvalue weighted by atomic mass is 16.5. The number of benzene rings is 1. The predicted octanol–water partition coefficient (Wildman–Crippen LogP) is 3.09. The van der Waals surface area contributed by atoms with Gasteiger partial charge < -0.3 is 14.8 Å². The minimum atomic E-state index is -0.963. The molecule has 0 saturated heterocycles. The Morgan fingerprint density at radius 1 is 1.32 bits per heavy atom. The van der Waals surface area contributed by atoms with Gasteiger partial charge in [-0.25, -0.2) is 4.79 Å². The Labute approximate surface area is 111 Å². The van der Waals surface area contributed by atoms with Gasteiger partial charge in [0.1, 0.15) is 17.0 Å². The number of rotatable bonds is 2. The second-order valence-corrected chi connectivity index (χ2v) is 5.40. The van der Waals surface area contributed by atoms with Crippen molar-refractivity contribution in [1.82, 2.24) is 4.98 Å². The van der Waals surface area contributed by atoms with Gasteiger partial charge in [0.05, 0.1) is 0 Å². The quantitative estimate of drug-likeness (QED) is 0.869. The van der Waals surface area contributed by atoms with Gasteiger partial charge in [0, 0.05) is 23.7 Å². The summed E-state index contributed by atoms with van der Waals surface area (Å²) in [7, 11) is 0. The van der Waals surface area contributed by atoms with E-state index in [2.05, 4.69) is 4.98 Å². The van der Waals surface area contributed by atoms with Crippen molar-refractivity contribution in [2.75, 3.05) is 0 Å². The van der Waals surface area contributed by atoms with E-state index in [0.717, 1.165) is 23.3 Å². The van der Waals surface area contributed by atoms with Gasteiger partial charge in [-0.05, 0) is 25.5 Å². The maximum atomic E-state index is 11.2.